The zero-order chi connectivity index (χ0) is 18.0. The number of anilines is 1. The van der Waals surface area contributed by atoms with Crippen LogP contribution in [0.1, 0.15) is 34.6 Å². The molecule has 0 spiro atoms. The van der Waals surface area contributed by atoms with Crippen LogP contribution in [-0.4, -0.2) is 23.3 Å². The summed E-state index contributed by atoms with van der Waals surface area (Å²) >= 11 is 0. The van der Waals surface area contributed by atoms with E-state index in [2.05, 4.69) is 15.6 Å². The van der Waals surface area contributed by atoms with Gasteiger partial charge in [-0.05, 0) is 32.0 Å². The van der Waals surface area contributed by atoms with E-state index in [0.29, 0.717) is 5.69 Å². The van der Waals surface area contributed by atoms with Crippen molar-refractivity contribution in [2.24, 2.45) is 10.8 Å². The molecule has 0 unspecified atom stereocenters. The number of pyridine rings is 1. The Bertz CT molecular complexity index is 761. The van der Waals surface area contributed by atoms with Crippen molar-refractivity contribution >= 4 is 28.4 Å². The van der Waals surface area contributed by atoms with Crippen LogP contribution in [0.15, 0.2) is 36.5 Å². The van der Waals surface area contributed by atoms with Gasteiger partial charge in [-0.2, -0.15) is 0 Å². The first-order valence-electron chi connectivity index (χ1n) is 8.04. The Morgan fingerprint density at radius 1 is 1.04 bits per heavy atom. The number of carbonyl (C=O) groups is 2. The Hall–Kier alpha value is -2.43. The van der Waals surface area contributed by atoms with Gasteiger partial charge in [-0.1, -0.05) is 32.9 Å². The van der Waals surface area contributed by atoms with E-state index in [-0.39, 0.29) is 18.4 Å². The van der Waals surface area contributed by atoms with Crippen molar-refractivity contribution < 1.29 is 9.59 Å². The zero-order valence-corrected chi connectivity index (χ0v) is 14.9. The number of amides is 2. The molecule has 5 nitrogen and oxygen atoms in total. The second kappa shape index (κ2) is 6.59. The first-order valence-corrected chi connectivity index (χ1v) is 8.04. The molecule has 128 valence electrons. The third-order valence-electron chi connectivity index (χ3n) is 3.85. The number of benzene rings is 1. The molecule has 0 fully saturated rings. The number of fused-ring (bicyclic) bond motifs is 1. The van der Waals surface area contributed by atoms with Crippen molar-refractivity contribution in [2.75, 3.05) is 11.9 Å². The highest BCUT2D eigenvalue weighted by molar-refractivity contribution is 5.97. The molecule has 1 aromatic heterocycles. The minimum Gasteiger partial charge on any atom is -0.355 e. The monoisotopic (exact) mass is 327 g/mol. The van der Waals surface area contributed by atoms with Crippen molar-refractivity contribution in [1.29, 1.82) is 0 Å². The van der Waals surface area contributed by atoms with E-state index in [1.807, 2.05) is 65.0 Å². The maximum atomic E-state index is 12.5. The number of nitrogens with zero attached hydrogens (tertiary/aromatic N) is 1. The quantitative estimate of drug-likeness (QED) is 0.904. The standard InChI is InChI=1S/C19H25N3O2/c1-18(2,3)16(23)21-12-19(4,5)17(24)22-14-9-8-13-7-6-10-20-15(13)11-14/h6-11H,12H2,1-5H3,(H,21,23)(H,22,24). The van der Waals surface area contributed by atoms with E-state index >= 15 is 0 Å². The largest absolute Gasteiger partial charge is 0.355 e. The maximum absolute atomic E-state index is 12.5. The van der Waals surface area contributed by atoms with Crippen LogP contribution in [0.3, 0.4) is 0 Å². The van der Waals surface area contributed by atoms with E-state index in [9.17, 15) is 9.59 Å². The number of hydrogen-bond donors (Lipinski definition) is 2. The van der Waals surface area contributed by atoms with Gasteiger partial charge in [0.25, 0.3) is 0 Å². The van der Waals surface area contributed by atoms with E-state index in [1.54, 1.807) is 6.20 Å². The Morgan fingerprint density at radius 2 is 1.75 bits per heavy atom. The summed E-state index contributed by atoms with van der Waals surface area (Å²) in [6, 6.07) is 9.47. The van der Waals surface area contributed by atoms with Crippen LogP contribution in [0.25, 0.3) is 10.9 Å². The summed E-state index contributed by atoms with van der Waals surface area (Å²) in [4.78, 5) is 28.8. The summed E-state index contributed by atoms with van der Waals surface area (Å²) in [6.45, 7) is 9.43. The lowest BCUT2D eigenvalue weighted by Gasteiger charge is -2.26. The SMILES string of the molecule is CC(C)(C)C(=O)NCC(C)(C)C(=O)Nc1ccc2cccnc2c1. The lowest BCUT2D eigenvalue weighted by atomic mass is 9.90. The minimum atomic E-state index is -0.722. The van der Waals surface area contributed by atoms with Gasteiger partial charge in [-0.25, -0.2) is 0 Å². The second-order valence-corrected chi connectivity index (χ2v) is 7.68. The molecule has 0 aliphatic heterocycles. The van der Waals surface area contributed by atoms with Crippen LogP contribution >= 0.6 is 0 Å². The fraction of sp³-hybridized carbons (Fsp3) is 0.421. The van der Waals surface area contributed by atoms with Gasteiger partial charge in [-0.15, -0.1) is 0 Å². The maximum Gasteiger partial charge on any atom is 0.231 e. The lowest BCUT2D eigenvalue weighted by molar-refractivity contribution is -0.130. The van der Waals surface area contributed by atoms with Gasteiger partial charge >= 0.3 is 0 Å². The van der Waals surface area contributed by atoms with Crippen molar-refractivity contribution in [2.45, 2.75) is 34.6 Å². The molecule has 0 aliphatic rings. The fourth-order valence-electron chi connectivity index (χ4n) is 2.09. The molecular weight excluding hydrogens is 302 g/mol. The zero-order valence-electron chi connectivity index (χ0n) is 14.9. The molecule has 2 aromatic rings. The lowest BCUT2D eigenvalue weighted by Crippen LogP contribution is -2.45. The molecule has 0 bridgehead atoms. The highest BCUT2D eigenvalue weighted by atomic mass is 16.2. The number of carbonyl (C=O) groups excluding carboxylic acids is 2. The molecule has 5 heteroatoms. The third kappa shape index (κ3) is 4.31. The number of aromatic nitrogens is 1. The van der Waals surface area contributed by atoms with Crippen molar-refractivity contribution in [1.82, 2.24) is 10.3 Å². The summed E-state index contributed by atoms with van der Waals surface area (Å²) < 4.78 is 0. The fourth-order valence-corrected chi connectivity index (χ4v) is 2.09. The normalized spacial score (nSPS) is 12.0. The van der Waals surface area contributed by atoms with Crippen molar-refractivity contribution in [3.05, 3.63) is 36.5 Å². The Labute approximate surface area is 142 Å². The van der Waals surface area contributed by atoms with Crippen LogP contribution in [0, 0.1) is 10.8 Å². The van der Waals surface area contributed by atoms with Crippen molar-refractivity contribution in [3.8, 4) is 0 Å². The van der Waals surface area contributed by atoms with Crippen LogP contribution < -0.4 is 10.6 Å². The topological polar surface area (TPSA) is 71.1 Å². The van der Waals surface area contributed by atoms with E-state index < -0.39 is 10.8 Å². The summed E-state index contributed by atoms with van der Waals surface area (Å²) in [6.07, 6.45) is 1.72. The average molecular weight is 327 g/mol. The Balaban J connectivity index is 2.04. The molecule has 2 N–H and O–H groups in total. The third-order valence-corrected chi connectivity index (χ3v) is 3.85. The van der Waals surface area contributed by atoms with Crippen LogP contribution in [-0.2, 0) is 9.59 Å². The molecule has 2 amide bonds. The van der Waals surface area contributed by atoms with Crippen LogP contribution in [0.5, 0.6) is 0 Å². The van der Waals surface area contributed by atoms with Gasteiger partial charge < -0.3 is 10.6 Å². The van der Waals surface area contributed by atoms with Crippen molar-refractivity contribution in [3.63, 3.8) is 0 Å². The molecule has 0 atom stereocenters. The first kappa shape index (κ1) is 17.9. The van der Waals surface area contributed by atoms with Gasteiger partial charge in [0.05, 0.1) is 10.9 Å². The van der Waals surface area contributed by atoms with E-state index in [4.69, 9.17) is 0 Å². The number of nitrogens with one attached hydrogen (secondary N) is 2. The molecular formula is C19H25N3O2. The Morgan fingerprint density at radius 3 is 2.42 bits per heavy atom. The van der Waals surface area contributed by atoms with Gasteiger partial charge in [-0.3, -0.25) is 14.6 Å². The first-order chi connectivity index (χ1) is 11.1. The minimum absolute atomic E-state index is 0.0710. The highest BCUT2D eigenvalue weighted by Gasteiger charge is 2.30. The number of hydrogen-bond acceptors (Lipinski definition) is 3. The predicted octanol–water partition coefficient (Wildman–Crippen LogP) is 3.36. The molecule has 0 aliphatic carbocycles. The van der Waals surface area contributed by atoms with E-state index in [1.165, 1.54) is 0 Å². The van der Waals surface area contributed by atoms with Gasteiger partial charge in [0, 0.05) is 29.2 Å². The molecule has 1 heterocycles. The van der Waals surface area contributed by atoms with Crippen LogP contribution in [0.4, 0.5) is 5.69 Å². The van der Waals surface area contributed by atoms with E-state index in [0.717, 1.165) is 10.9 Å². The summed E-state index contributed by atoms with van der Waals surface area (Å²) in [7, 11) is 0. The van der Waals surface area contributed by atoms with Gasteiger partial charge in [0.15, 0.2) is 0 Å². The van der Waals surface area contributed by atoms with Crippen LogP contribution in [0.2, 0.25) is 0 Å². The molecule has 1 aromatic carbocycles. The molecule has 2 rings (SSSR count). The number of rotatable bonds is 4. The van der Waals surface area contributed by atoms with Gasteiger partial charge in [0.1, 0.15) is 0 Å². The molecule has 0 radical (unpaired) electrons. The molecule has 24 heavy (non-hydrogen) atoms. The summed E-state index contributed by atoms with van der Waals surface area (Å²) in [5, 5.41) is 6.77. The highest BCUT2D eigenvalue weighted by Crippen LogP contribution is 2.21. The summed E-state index contributed by atoms with van der Waals surface area (Å²) in [5.74, 6) is -0.217. The summed E-state index contributed by atoms with van der Waals surface area (Å²) in [5.41, 5.74) is 0.326. The second-order valence-electron chi connectivity index (χ2n) is 7.68. The Kier molecular flexibility index (Phi) is 4.92. The average Bonchev–Trinajstić information content (AvgIpc) is 2.51. The van der Waals surface area contributed by atoms with Gasteiger partial charge in [0.2, 0.25) is 11.8 Å². The molecule has 0 saturated heterocycles. The predicted molar refractivity (Wildman–Crippen MR) is 96.6 cm³/mol. The molecule has 0 saturated carbocycles. The smallest absolute Gasteiger partial charge is 0.231 e.